The van der Waals surface area contributed by atoms with Gasteiger partial charge in [-0.25, -0.2) is 0 Å². The molecule has 0 bridgehead atoms. The Hall–Kier alpha value is -0.560. The van der Waals surface area contributed by atoms with Gasteiger partial charge in [-0.05, 0) is 12.3 Å². The number of allylic oxidation sites excluding steroid dienone is 1. The van der Waals surface area contributed by atoms with E-state index in [1.54, 1.807) is 6.08 Å². The highest BCUT2D eigenvalue weighted by molar-refractivity contribution is 5.08. The highest BCUT2D eigenvalue weighted by Gasteiger charge is 2.23. The van der Waals surface area contributed by atoms with Gasteiger partial charge in [-0.3, -0.25) is 0 Å². The van der Waals surface area contributed by atoms with Crippen LogP contribution in [-0.4, -0.2) is 10.7 Å². The molecule has 0 aromatic carbocycles. The molecule has 0 saturated heterocycles. The third-order valence-corrected chi connectivity index (χ3v) is 2.20. The second kappa shape index (κ2) is 4.10. The van der Waals surface area contributed by atoms with Crippen LogP contribution in [0.25, 0.3) is 0 Å². The Balaban J connectivity index is 4.50. The summed E-state index contributed by atoms with van der Waals surface area (Å²) in [6, 6.07) is 0. The van der Waals surface area contributed by atoms with Gasteiger partial charge >= 0.3 is 0 Å². The molecule has 13 heavy (non-hydrogen) atoms. The van der Waals surface area contributed by atoms with Gasteiger partial charge in [0, 0.05) is 5.92 Å². The van der Waals surface area contributed by atoms with E-state index in [0.717, 1.165) is 0 Å². The van der Waals surface area contributed by atoms with Crippen LogP contribution >= 0.6 is 0 Å². The lowest BCUT2D eigenvalue weighted by Gasteiger charge is -2.25. The van der Waals surface area contributed by atoms with Crippen LogP contribution in [0.5, 0.6) is 0 Å². The zero-order valence-corrected chi connectivity index (χ0v) is 9.46. The van der Waals surface area contributed by atoms with E-state index in [0.29, 0.717) is 0 Å². The van der Waals surface area contributed by atoms with Crippen LogP contribution in [0.2, 0.25) is 0 Å². The first-order chi connectivity index (χ1) is 5.69. The molecule has 0 fully saturated rings. The molecule has 0 rings (SSSR count). The summed E-state index contributed by atoms with van der Waals surface area (Å²) < 4.78 is 0. The summed E-state index contributed by atoms with van der Waals surface area (Å²) in [5, 5.41) is 9.99. The van der Waals surface area contributed by atoms with Crippen LogP contribution in [0.3, 0.4) is 0 Å². The standard InChI is InChI=1S/C12H22O/c1-7-10(2)12(6,13)9-8-11(3,4)5/h7-10,13H,1H2,2-6H3/b9-8+/t10-,12+/m0/s1. The van der Waals surface area contributed by atoms with Crippen molar-refractivity contribution < 1.29 is 5.11 Å². The Labute approximate surface area is 82.2 Å². The fourth-order valence-corrected chi connectivity index (χ4v) is 0.809. The summed E-state index contributed by atoms with van der Waals surface area (Å²) in [5.74, 6) is 0.0751. The maximum Gasteiger partial charge on any atom is 0.0859 e. The number of hydrogen-bond acceptors (Lipinski definition) is 1. The van der Waals surface area contributed by atoms with E-state index in [2.05, 4.69) is 27.4 Å². The van der Waals surface area contributed by atoms with Gasteiger partial charge in [0.1, 0.15) is 0 Å². The lowest BCUT2D eigenvalue weighted by Crippen LogP contribution is -2.29. The maximum atomic E-state index is 9.99. The maximum absolute atomic E-state index is 9.99. The van der Waals surface area contributed by atoms with Crippen LogP contribution in [0.1, 0.15) is 34.6 Å². The summed E-state index contributed by atoms with van der Waals surface area (Å²) in [6.07, 6.45) is 5.67. The lowest BCUT2D eigenvalue weighted by molar-refractivity contribution is 0.0736. The number of hydrogen-bond donors (Lipinski definition) is 1. The SMILES string of the molecule is C=C[C@H](C)[C@](C)(O)/C=C/C(C)(C)C. The quantitative estimate of drug-likeness (QED) is 0.665. The smallest absolute Gasteiger partial charge is 0.0859 e. The zero-order chi connectivity index (χ0) is 10.7. The molecule has 0 spiro atoms. The molecular formula is C12H22O. The van der Waals surface area contributed by atoms with Gasteiger partial charge in [0.25, 0.3) is 0 Å². The van der Waals surface area contributed by atoms with Crippen molar-refractivity contribution in [3.8, 4) is 0 Å². The predicted molar refractivity (Wildman–Crippen MR) is 58.6 cm³/mol. The molecule has 0 aliphatic carbocycles. The van der Waals surface area contributed by atoms with E-state index in [1.807, 2.05) is 26.0 Å². The Morgan fingerprint density at radius 1 is 1.15 bits per heavy atom. The monoisotopic (exact) mass is 182 g/mol. The van der Waals surface area contributed by atoms with Crippen molar-refractivity contribution in [2.24, 2.45) is 11.3 Å². The molecule has 2 atom stereocenters. The van der Waals surface area contributed by atoms with Crippen LogP contribution in [0.4, 0.5) is 0 Å². The van der Waals surface area contributed by atoms with E-state index in [-0.39, 0.29) is 11.3 Å². The summed E-state index contributed by atoms with van der Waals surface area (Å²) >= 11 is 0. The average Bonchev–Trinajstić information content (AvgIpc) is 1.98. The first-order valence-electron chi connectivity index (χ1n) is 4.74. The molecule has 0 aliphatic heterocycles. The van der Waals surface area contributed by atoms with E-state index >= 15 is 0 Å². The molecule has 0 amide bonds. The lowest BCUT2D eigenvalue weighted by atomic mass is 9.87. The van der Waals surface area contributed by atoms with Gasteiger partial charge in [0.15, 0.2) is 0 Å². The van der Waals surface area contributed by atoms with Gasteiger partial charge in [0.05, 0.1) is 5.60 Å². The van der Waals surface area contributed by atoms with Crippen LogP contribution in [0, 0.1) is 11.3 Å². The van der Waals surface area contributed by atoms with Crippen LogP contribution in [-0.2, 0) is 0 Å². The summed E-state index contributed by atoms with van der Waals surface area (Å²) in [6.45, 7) is 13.8. The van der Waals surface area contributed by atoms with Gasteiger partial charge in [-0.2, -0.15) is 0 Å². The van der Waals surface area contributed by atoms with Gasteiger partial charge in [-0.1, -0.05) is 45.9 Å². The minimum absolute atomic E-state index is 0.0751. The highest BCUT2D eigenvalue weighted by atomic mass is 16.3. The Morgan fingerprint density at radius 2 is 1.62 bits per heavy atom. The molecule has 0 saturated carbocycles. The van der Waals surface area contributed by atoms with Crippen molar-refractivity contribution in [1.82, 2.24) is 0 Å². The normalized spacial score (nSPS) is 19.8. The minimum atomic E-state index is -0.783. The Morgan fingerprint density at radius 3 is 1.92 bits per heavy atom. The molecule has 1 N–H and O–H groups in total. The van der Waals surface area contributed by atoms with Crippen molar-refractivity contribution in [2.75, 3.05) is 0 Å². The van der Waals surface area contributed by atoms with Crippen LogP contribution < -0.4 is 0 Å². The van der Waals surface area contributed by atoms with E-state index in [4.69, 9.17) is 0 Å². The summed E-state index contributed by atoms with van der Waals surface area (Å²) in [7, 11) is 0. The molecule has 0 aliphatic rings. The van der Waals surface area contributed by atoms with Crippen molar-refractivity contribution in [3.05, 3.63) is 24.8 Å². The molecule has 0 unspecified atom stereocenters. The molecule has 0 aromatic heterocycles. The van der Waals surface area contributed by atoms with Crippen molar-refractivity contribution in [1.29, 1.82) is 0 Å². The van der Waals surface area contributed by atoms with Crippen LogP contribution in [0.15, 0.2) is 24.8 Å². The molecule has 0 aromatic rings. The number of aliphatic hydroxyl groups is 1. The molecular weight excluding hydrogens is 160 g/mol. The topological polar surface area (TPSA) is 20.2 Å². The van der Waals surface area contributed by atoms with Crippen molar-refractivity contribution in [3.63, 3.8) is 0 Å². The fraction of sp³-hybridized carbons (Fsp3) is 0.667. The van der Waals surface area contributed by atoms with Crippen molar-refractivity contribution >= 4 is 0 Å². The largest absolute Gasteiger partial charge is 0.385 e. The second-order valence-electron chi connectivity index (χ2n) is 4.95. The molecule has 1 heteroatoms. The molecule has 76 valence electrons. The molecule has 0 heterocycles. The fourth-order valence-electron chi connectivity index (χ4n) is 0.809. The Kier molecular flexibility index (Phi) is 3.92. The number of rotatable bonds is 3. The van der Waals surface area contributed by atoms with Crippen molar-refractivity contribution in [2.45, 2.75) is 40.2 Å². The van der Waals surface area contributed by atoms with E-state index in [1.165, 1.54) is 0 Å². The van der Waals surface area contributed by atoms with Gasteiger partial charge in [0.2, 0.25) is 0 Å². The first-order valence-corrected chi connectivity index (χ1v) is 4.74. The first kappa shape index (κ1) is 12.4. The Bertz CT molecular complexity index is 194. The minimum Gasteiger partial charge on any atom is -0.385 e. The average molecular weight is 182 g/mol. The summed E-state index contributed by atoms with van der Waals surface area (Å²) in [5.41, 5.74) is -0.667. The van der Waals surface area contributed by atoms with E-state index in [9.17, 15) is 5.11 Å². The predicted octanol–water partition coefficient (Wildman–Crippen LogP) is 3.16. The van der Waals surface area contributed by atoms with Gasteiger partial charge < -0.3 is 5.11 Å². The molecule has 1 nitrogen and oxygen atoms in total. The second-order valence-corrected chi connectivity index (χ2v) is 4.95. The third-order valence-electron chi connectivity index (χ3n) is 2.20. The molecule has 0 radical (unpaired) electrons. The highest BCUT2D eigenvalue weighted by Crippen LogP contribution is 2.23. The van der Waals surface area contributed by atoms with E-state index < -0.39 is 5.60 Å². The zero-order valence-electron chi connectivity index (χ0n) is 9.46. The third kappa shape index (κ3) is 4.89. The van der Waals surface area contributed by atoms with Gasteiger partial charge in [-0.15, -0.1) is 6.58 Å². The summed E-state index contributed by atoms with van der Waals surface area (Å²) in [4.78, 5) is 0.